The van der Waals surface area contributed by atoms with Crippen LogP contribution in [0.15, 0.2) is 35.0 Å². The second kappa shape index (κ2) is 5.36. The molecule has 0 spiro atoms. The first-order valence-electron chi connectivity index (χ1n) is 5.81. The fourth-order valence-electron chi connectivity index (χ4n) is 1.68. The van der Waals surface area contributed by atoms with E-state index in [1.165, 1.54) is 6.20 Å². The average molecular weight is 277 g/mol. The quantitative estimate of drug-likeness (QED) is 0.845. The van der Waals surface area contributed by atoms with Crippen LogP contribution < -0.4 is 5.32 Å². The highest BCUT2D eigenvalue weighted by Crippen LogP contribution is 2.17. The molecule has 1 heterocycles. The van der Waals surface area contributed by atoms with Gasteiger partial charge in [-0.3, -0.25) is 9.59 Å². The average Bonchev–Trinajstić information content (AvgIpc) is 2.33. The lowest BCUT2D eigenvalue weighted by molar-refractivity contribution is -0.119. The molecular formula is C14H13ClN2O2. The molecule has 4 nitrogen and oxygen atoms in total. The molecule has 0 bridgehead atoms. The Kier molecular flexibility index (Phi) is 3.81. The fraction of sp³-hybridized carbons (Fsp3) is 0.214. The van der Waals surface area contributed by atoms with Crippen molar-refractivity contribution in [3.8, 4) is 0 Å². The Morgan fingerprint density at radius 1 is 1.32 bits per heavy atom. The van der Waals surface area contributed by atoms with E-state index in [0.29, 0.717) is 5.69 Å². The zero-order valence-electron chi connectivity index (χ0n) is 10.7. The summed E-state index contributed by atoms with van der Waals surface area (Å²) < 4.78 is 0. The van der Waals surface area contributed by atoms with Gasteiger partial charge in [-0.15, -0.1) is 0 Å². The Bertz CT molecular complexity index is 618. The molecule has 0 atom stereocenters. The maximum atomic E-state index is 12.0. The Balaban J connectivity index is 2.17. The van der Waals surface area contributed by atoms with Crippen molar-refractivity contribution >= 4 is 34.1 Å². The lowest BCUT2D eigenvalue weighted by Gasteiger charge is -2.11. The lowest BCUT2D eigenvalue weighted by atomic mass is 10.1. The molecule has 0 fully saturated rings. The third-order valence-electron chi connectivity index (χ3n) is 2.95. The first-order chi connectivity index (χ1) is 8.97. The molecule has 1 aromatic carbocycles. The number of nitrogens with zero attached hydrogens (tertiary/aromatic N) is 1. The molecule has 1 amide bonds. The van der Waals surface area contributed by atoms with Crippen LogP contribution in [0.1, 0.15) is 17.5 Å². The molecule has 2 rings (SSSR count). The molecule has 5 heteroatoms. The van der Waals surface area contributed by atoms with Crippen LogP contribution in [0.5, 0.6) is 0 Å². The van der Waals surface area contributed by atoms with Crippen LogP contribution in [0.2, 0.25) is 0 Å². The van der Waals surface area contributed by atoms with Crippen LogP contribution in [0.3, 0.4) is 0 Å². The minimum absolute atomic E-state index is 0.0201. The zero-order valence-corrected chi connectivity index (χ0v) is 11.4. The largest absolute Gasteiger partial charge is 0.322 e. The molecule has 1 aliphatic rings. The van der Waals surface area contributed by atoms with Crippen LogP contribution in [0.4, 0.5) is 5.69 Å². The molecule has 19 heavy (non-hydrogen) atoms. The van der Waals surface area contributed by atoms with E-state index in [-0.39, 0.29) is 22.9 Å². The van der Waals surface area contributed by atoms with Crippen LogP contribution >= 0.6 is 11.6 Å². The van der Waals surface area contributed by atoms with Crippen LogP contribution in [-0.2, 0) is 9.59 Å². The van der Waals surface area contributed by atoms with Crippen molar-refractivity contribution < 1.29 is 9.59 Å². The van der Waals surface area contributed by atoms with Crippen LogP contribution in [0, 0.1) is 13.8 Å². The van der Waals surface area contributed by atoms with Gasteiger partial charge in [-0.05, 0) is 37.1 Å². The number of hydrogen-bond acceptors (Lipinski definition) is 3. The van der Waals surface area contributed by atoms with Crippen molar-refractivity contribution in [3.05, 3.63) is 41.1 Å². The van der Waals surface area contributed by atoms with Gasteiger partial charge in [0.1, 0.15) is 10.7 Å². The van der Waals surface area contributed by atoms with E-state index in [9.17, 15) is 9.59 Å². The Labute approximate surface area is 116 Å². The predicted molar refractivity (Wildman–Crippen MR) is 75.5 cm³/mol. The van der Waals surface area contributed by atoms with Crippen LogP contribution in [-0.4, -0.2) is 16.9 Å². The number of rotatable bonds is 2. The van der Waals surface area contributed by atoms with E-state index >= 15 is 0 Å². The molecular weight excluding hydrogens is 264 g/mol. The summed E-state index contributed by atoms with van der Waals surface area (Å²) in [6.07, 6.45) is 1.19. The molecule has 0 aliphatic carbocycles. The summed E-state index contributed by atoms with van der Waals surface area (Å²) in [6.45, 7) is 3.95. The van der Waals surface area contributed by atoms with Gasteiger partial charge in [0.2, 0.25) is 0 Å². The van der Waals surface area contributed by atoms with Gasteiger partial charge in [-0.25, -0.2) is 4.99 Å². The maximum Gasteiger partial charge on any atom is 0.260 e. The molecule has 0 aromatic heterocycles. The van der Waals surface area contributed by atoms with Gasteiger partial charge >= 0.3 is 0 Å². The summed E-state index contributed by atoms with van der Waals surface area (Å²) >= 11 is 5.63. The van der Waals surface area contributed by atoms with Crippen molar-refractivity contribution in [1.29, 1.82) is 0 Å². The van der Waals surface area contributed by atoms with Crippen molar-refractivity contribution in [1.82, 2.24) is 0 Å². The third-order valence-corrected chi connectivity index (χ3v) is 3.18. The van der Waals surface area contributed by atoms with Gasteiger partial charge in [0.05, 0.1) is 6.42 Å². The number of hydrogen-bond donors (Lipinski definition) is 1. The number of anilines is 1. The summed E-state index contributed by atoms with van der Waals surface area (Å²) in [5.41, 5.74) is 2.90. The summed E-state index contributed by atoms with van der Waals surface area (Å²) in [5.74, 6) is -0.775. The van der Waals surface area contributed by atoms with Crippen molar-refractivity contribution in [2.75, 3.05) is 5.32 Å². The van der Waals surface area contributed by atoms with Crippen molar-refractivity contribution in [2.45, 2.75) is 20.3 Å². The summed E-state index contributed by atoms with van der Waals surface area (Å²) in [4.78, 5) is 27.4. The van der Waals surface area contributed by atoms with Gasteiger partial charge in [0.25, 0.3) is 5.91 Å². The number of aryl methyl sites for hydroxylation is 2. The maximum absolute atomic E-state index is 12.0. The Hall–Kier alpha value is -1.94. The molecule has 0 radical (unpaired) electrons. The molecule has 1 aromatic rings. The number of amides is 1. The van der Waals surface area contributed by atoms with Crippen molar-refractivity contribution in [2.24, 2.45) is 4.99 Å². The monoisotopic (exact) mass is 276 g/mol. The first kappa shape index (κ1) is 13.5. The van der Waals surface area contributed by atoms with Gasteiger partial charge in [-0.2, -0.15) is 0 Å². The molecule has 1 N–H and O–H groups in total. The molecule has 0 unspecified atom stereocenters. The third kappa shape index (κ3) is 3.09. The van der Waals surface area contributed by atoms with Crippen molar-refractivity contribution in [3.63, 3.8) is 0 Å². The second-order valence-corrected chi connectivity index (χ2v) is 4.84. The minimum Gasteiger partial charge on any atom is -0.322 e. The lowest BCUT2D eigenvalue weighted by Crippen LogP contribution is -2.23. The van der Waals surface area contributed by atoms with Gasteiger partial charge in [0.15, 0.2) is 5.78 Å². The first-order valence-corrected chi connectivity index (χ1v) is 6.19. The number of aliphatic imine (C=N–C) groups is 1. The number of carbonyl (C=O) groups excluding carboxylic acids is 2. The standard InChI is InChI=1S/C14H13ClN2O2/c1-8-3-4-10(5-9(8)2)17-14(19)11-7-16-13(15)6-12(11)18/h3-5,7H,6H2,1-2H3,(H,17,19). The van der Waals surface area contributed by atoms with E-state index in [0.717, 1.165) is 11.1 Å². The zero-order chi connectivity index (χ0) is 14.0. The highest BCUT2D eigenvalue weighted by atomic mass is 35.5. The van der Waals surface area contributed by atoms with E-state index in [1.807, 2.05) is 26.0 Å². The van der Waals surface area contributed by atoms with Gasteiger partial charge in [-0.1, -0.05) is 17.7 Å². The Morgan fingerprint density at radius 3 is 2.68 bits per heavy atom. The summed E-state index contributed by atoms with van der Waals surface area (Å²) in [6, 6.07) is 5.57. The number of nitrogens with one attached hydrogen (secondary N) is 1. The molecule has 0 saturated carbocycles. The minimum atomic E-state index is -0.457. The van der Waals surface area contributed by atoms with E-state index in [1.54, 1.807) is 6.07 Å². The predicted octanol–water partition coefficient (Wildman–Crippen LogP) is 2.74. The fourth-order valence-corrected chi connectivity index (χ4v) is 1.85. The van der Waals surface area contributed by atoms with Gasteiger partial charge < -0.3 is 5.32 Å². The number of benzene rings is 1. The smallest absolute Gasteiger partial charge is 0.260 e. The highest BCUT2D eigenvalue weighted by Gasteiger charge is 2.22. The number of ketones is 1. The number of halogens is 1. The number of carbonyl (C=O) groups is 2. The van der Waals surface area contributed by atoms with Gasteiger partial charge in [0, 0.05) is 11.9 Å². The van der Waals surface area contributed by atoms with E-state index < -0.39 is 5.91 Å². The Morgan fingerprint density at radius 2 is 2.05 bits per heavy atom. The molecule has 0 saturated heterocycles. The normalized spacial score (nSPS) is 14.8. The summed E-state index contributed by atoms with van der Waals surface area (Å²) in [7, 11) is 0. The number of Topliss-reactive ketones (excluding diaryl/α,β-unsaturated/α-hetero) is 1. The van der Waals surface area contributed by atoms with E-state index in [4.69, 9.17) is 11.6 Å². The molecule has 1 aliphatic heterocycles. The topological polar surface area (TPSA) is 58.5 Å². The summed E-state index contributed by atoms with van der Waals surface area (Å²) in [5, 5.41) is 2.89. The molecule has 98 valence electrons. The highest BCUT2D eigenvalue weighted by molar-refractivity contribution is 6.67. The van der Waals surface area contributed by atoms with Crippen LogP contribution in [0.25, 0.3) is 0 Å². The second-order valence-electron chi connectivity index (χ2n) is 4.40. The van der Waals surface area contributed by atoms with E-state index in [2.05, 4.69) is 10.3 Å². The SMILES string of the molecule is Cc1ccc(NC(=O)C2=CN=C(Cl)CC2=O)cc1C.